The van der Waals surface area contributed by atoms with Gasteiger partial charge in [-0.25, -0.2) is 14.4 Å². The lowest BCUT2D eigenvalue weighted by Crippen LogP contribution is -2.36. The van der Waals surface area contributed by atoms with Crippen molar-refractivity contribution in [3.8, 4) is 0 Å². The molecule has 12 heteroatoms. The highest BCUT2D eigenvalue weighted by Gasteiger charge is 1.98. The first kappa shape index (κ1) is 28.5. The number of rotatable bonds is 6. The van der Waals surface area contributed by atoms with Gasteiger partial charge in [-0.05, 0) is 0 Å². The molecule has 23 heavy (non-hydrogen) atoms. The zero-order valence-corrected chi connectivity index (χ0v) is 13.4. The fourth-order valence-corrected chi connectivity index (χ4v) is 0.497. The van der Waals surface area contributed by atoms with Crippen LogP contribution in [-0.2, 0) is 23.9 Å². The quantitative estimate of drug-likeness (QED) is 0.250. The van der Waals surface area contributed by atoms with Gasteiger partial charge in [-0.1, -0.05) is 0 Å². The number of nitrogens with one attached hydrogen (secondary N) is 2. The van der Waals surface area contributed by atoms with E-state index < -0.39 is 6.09 Å². The SMILES string of the molecule is CO.CO.COCOC(=O)NCNC(C)=O.O=C=NCN=C=O. The van der Waals surface area contributed by atoms with E-state index in [-0.39, 0.29) is 26.0 Å². The van der Waals surface area contributed by atoms with Gasteiger partial charge in [0.25, 0.3) is 0 Å². The number of aliphatic hydroxyl groups is 2. The smallest absolute Gasteiger partial charge is 0.410 e. The largest absolute Gasteiger partial charge is 0.422 e. The molecule has 12 nitrogen and oxygen atoms in total. The molecular formula is C11H22N4O8. The van der Waals surface area contributed by atoms with E-state index in [9.17, 15) is 19.2 Å². The highest BCUT2D eigenvalue weighted by Crippen LogP contribution is 1.75. The Labute approximate surface area is 133 Å². The summed E-state index contributed by atoms with van der Waals surface area (Å²) in [5.74, 6) is -0.220. The molecule has 0 aromatic heterocycles. The lowest BCUT2D eigenvalue weighted by molar-refractivity contribution is -0.119. The average Bonchev–Trinajstić information content (AvgIpc) is 2.57. The van der Waals surface area contributed by atoms with Crippen LogP contribution >= 0.6 is 0 Å². The van der Waals surface area contributed by atoms with Crippen molar-refractivity contribution >= 4 is 24.2 Å². The summed E-state index contributed by atoms with van der Waals surface area (Å²) in [4.78, 5) is 45.2. The van der Waals surface area contributed by atoms with Gasteiger partial charge in [0, 0.05) is 28.3 Å². The van der Waals surface area contributed by atoms with Gasteiger partial charge in [0.2, 0.25) is 18.1 Å². The van der Waals surface area contributed by atoms with Crippen LogP contribution in [0.1, 0.15) is 6.92 Å². The molecule has 2 amide bonds. The monoisotopic (exact) mass is 338 g/mol. The second-order valence-corrected chi connectivity index (χ2v) is 2.57. The number of nitrogens with zero attached hydrogens (tertiary/aromatic N) is 2. The highest BCUT2D eigenvalue weighted by atomic mass is 16.7. The van der Waals surface area contributed by atoms with Crippen LogP contribution in [0.2, 0.25) is 0 Å². The molecule has 0 fully saturated rings. The Morgan fingerprint density at radius 1 is 1.04 bits per heavy atom. The minimum atomic E-state index is -0.634. The molecule has 0 saturated heterocycles. The Hall–Kier alpha value is -2.62. The second kappa shape index (κ2) is 31.7. The molecule has 0 radical (unpaired) electrons. The number of hydrogen-bond acceptors (Lipinski definition) is 10. The number of carbonyl (C=O) groups is 2. The van der Waals surface area contributed by atoms with Crippen molar-refractivity contribution in [3.05, 3.63) is 0 Å². The number of isocyanates is 2. The van der Waals surface area contributed by atoms with Gasteiger partial charge in [-0.2, -0.15) is 9.98 Å². The van der Waals surface area contributed by atoms with Gasteiger partial charge in [0.15, 0.2) is 13.5 Å². The number of methoxy groups -OCH3 is 1. The Bertz CT molecular complexity index is 349. The molecule has 134 valence electrons. The molecule has 0 saturated carbocycles. The van der Waals surface area contributed by atoms with Crippen LogP contribution in [-0.4, -0.2) is 75.8 Å². The molecule has 0 unspecified atom stereocenters. The van der Waals surface area contributed by atoms with E-state index in [0.717, 1.165) is 14.2 Å². The molecule has 0 heterocycles. The number of ether oxygens (including phenoxy) is 2. The van der Waals surface area contributed by atoms with Crippen molar-refractivity contribution in [3.63, 3.8) is 0 Å². The van der Waals surface area contributed by atoms with Gasteiger partial charge < -0.3 is 30.3 Å². The summed E-state index contributed by atoms with van der Waals surface area (Å²) < 4.78 is 8.92. The van der Waals surface area contributed by atoms with Crippen LogP contribution in [0.3, 0.4) is 0 Å². The van der Waals surface area contributed by atoms with Crippen LogP contribution in [0.15, 0.2) is 9.98 Å². The van der Waals surface area contributed by atoms with Gasteiger partial charge >= 0.3 is 6.09 Å². The maximum atomic E-state index is 10.6. The van der Waals surface area contributed by atoms with Crippen LogP contribution in [0.5, 0.6) is 0 Å². The summed E-state index contributed by atoms with van der Waals surface area (Å²) in [5.41, 5.74) is 0. The van der Waals surface area contributed by atoms with Crippen molar-refractivity contribution in [2.75, 3.05) is 41.5 Å². The van der Waals surface area contributed by atoms with E-state index in [0.29, 0.717) is 0 Å². The number of amides is 2. The fourth-order valence-electron chi connectivity index (χ4n) is 0.497. The number of aliphatic hydroxyl groups excluding tert-OH is 2. The van der Waals surface area contributed by atoms with Gasteiger partial charge in [-0.15, -0.1) is 0 Å². The molecule has 0 aromatic carbocycles. The Morgan fingerprint density at radius 2 is 1.52 bits per heavy atom. The third-order valence-corrected chi connectivity index (χ3v) is 1.15. The fraction of sp³-hybridized carbons (Fsp3) is 0.636. The Balaban J connectivity index is -0.000000140. The number of carbonyl (C=O) groups excluding carboxylic acids is 4. The molecular weight excluding hydrogens is 316 g/mol. The summed E-state index contributed by atoms with van der Waals surface area (Å²) in [5, 5.41) is 18.6. The van der Waals surface area contributed by atoms with Crippen LogP contribution in [0, 0.1) is 0 Å². The average molecular weight is 338 g/mol. The lowest BCUT2D eigenvalue weighted by Gasteiger charge is -2.05. The highest BCUT2D eigenvalue weighted by molar-refractivity contribution is 5.73. The predicted octanol–water partition coefficient (Wildman–Crippen LogP) is -1.76. The summed E-state index contributed by atoms with van der Waals surface area (Å²) in [6, 6.07) is 0. The minimum Gasteiger partial charge on any atom is -0.422 e. The third kappa shape index (κ3) is 45.2. The Kier molecular flexibility index (Phi) is 39.3. The number of alkyl carbamates (subject to hydrolysis) is 1. The van der Waals surface area contributed by atoms with E-state index in [1.54, 1.807) is 0 Å². The first-order chi connectivity index (χ1) is 11.1. The van der Waals surface area contributed by atoms with E-state index in [1.807, 2.05) is 0 Å². The summed E-state index contributed by atoms with van der Waals surface area (Å²) in [6.07, 6.45) is 1.78. The molecule has 0 aliphatic rings. The normalized spacial score (nSPS) is 6.87. The molecule has 0 rings (SSSR count). The maximum Gasteiger partial charge on any atom is 0.410 e. The Morgan fingerprint density at radius 3 is 1.87 bits per heavy atom. The summed E-state index contributed by atoms with van der Waals surface area (Å²) in [7, 11) is 3.40. The topological polar surface area (TPSA) is 176 Å². The molecule has 4 N–H and O–H groups in total. The van der Waals surface area contributed by atoms with Crippen molar-refractivity contribution in [2.24, 2.45) is 9.98 Å². The van der Waals surface area contributed by atoms with E-state index in [2.05, 4.69) is 30.1 Å². The van der Waals surface area contributed by atoms with E-state index >= 15 is 0 Å². The zero-order valence-electron chi connectivity index (χ0n) is 13.4. The molecule has 0 aliphatic heterocycles. The maximum absolute atomic E-state index is 10.6. The second-order valence-electron chi connectivity index (χ2n) is 2.57. The number of aliphatic imine (C=N–C) groups is 2. The van der Waals surface area contributed by atoms with Gasteiger partial charge in [0.05, 0.1) is 6.67 Å². The van der Waals surface area contributed by atoms with Gasteiger partial charge in [0.1, 0.15) is 0 Å². The van der Waals surface area contributed by atoms with E-state index in [4.69, 9.17) is 10.2 Å². The van der Waals surface area contributed by atoms with Crippen molar-refractivity contribution in [2.45, 2.75) is 6.92 Å². The molecule has 0 aliphatic carbocycles. The van der Waals surface area contributed by atoms with Crippen LogP contribution in [0.25, 0.3) is 0 Å². The molecule has 0 atom stereocenters. The molecule has 0 aromatic rings. The number of hydrogen-bond donors (Lipinski definition) is 4. The van der Waals surface area contributed by atoms with Crippen LogP contribution in [0.4, 0.5) is 4.79 Å². The lowest BCUT2D eigenvalue weighted by atomic mass is 10.7. The summed E-state index contributed by atoms with van der Waals surface area (Å²) >= 11 is 0. The summed E-state index contributed by atoms with van der Waals surface area (Å²) in [6.45, 7) is 1.14. The van der Waals surface area contributed by atoms with Crippen molar-refractivity contribution < 1.29 is 38.9 Å². The molecule has 0 spiro atoms. The first-order valence-corrected chi connectivity index (χ1v) is 5.69. The van der Waals surface area contributed by atoms with Crippen molar-refractivity contribution in [1.29, 1.82) is 0 Å². The first-order valence-electron chi connectivity index (χ1n) is 5.69. The van der Waals surface area contributed by atoms with Crippen molar-refractivity contribution in [1.82, 2.24) is 10.6 Å². The third-order valence-electron chi connectivity index (χ3n) is 1.15. The van der Waals surface area contributed by atoms with E-state index in [1.165, 1.54) is 26.2 Å². The minimum absolute atomic E-state index is 0.0535. The van der Waals surface area contributed by atoms with Gasteiger partial charge in [-0.3, -0.25) is 4.79 Å². The standard InChI is InChI=1S/C6H12N2O4.C3H2N2O2.2CH4O/c1-5(9)7-3-8-6(10)12-4-11-2;6-2-4-1-5-3-7;2*1-2/h3-4H2,1-2H3,(H,7,9)(H,8,10);1H2;2*2H,1H3. The predicted molar refractivity (Wildman–Crippen MR) is 77.6 cm³/mol. The van der Waals surface area contributed by atoms with Crippen LogP contribution < -0.4 is 10.6 Å². The zero-order chi connectivity index (χ0) is 18.9. The molecule has 0 bridgehead atoms.